The smallest absolute Gasteiger partial charge is 0.272 e. The van der Waals surface area contributed by atoms with Gasteiger partial charge in [-0.05, 0) is 43.5 Å². The first-order valence-electron chi connectivity index (χ1n) is 9.65. The van der Waals surface area contributed by atoms with E-state index < -0.39 is 0 Å². The van der Waals surface area contributed by atoms with Crippen LogP contribution in [0.3, 0.4) is 0 Å². The number of H-pyrrole nitrogens is 1. The molecule has 148 valence electrons. The van der Waals surface area contributed by atoms with Crippen molar-refractivity contribution < 1.29 is 9.53 Å². The number of nitrogens with zero attached hydrogens (tertiary/aromatic N) is 2. The Labute approximate surface area is 166 Å². The van der Waals surface area contributed by atoms with Crippen LogP contribution in [0.2, 0.25) is 0 Å². The zero-order valence-corrected chi connectivity index (χ0v) is 16.7. The topological polar surface area (TPSA) is 70.2 Å². The normalized spacial score (nSPS) is 17.9. The van der Waals surface area contributed by atoms with Crippen LogP contribution in [-0.4, -0.2) is 53.6 Å². The van der Waals surface area contributed by atoms with Crippen molar-refractivity contribution in [3.8, 4) is 5.75 Å². The lowest BCUT2D eigenvalue weighted by molar-refractivity contribution is 0.0630. The van der Waals surface area contributed by atoms with Crippen LogP contribution in [-0.2, 0) is 6.42 Å². The zero-order chi connectivity index (χ0) is 19.9. The standard InChI is InChI=1S/C22H28N4O2/c1-4-6-17(5-2)20-21(25-15-24-20)22(27)26-12-11-23-14-18(26)13-16-7-9-19(28-3)10-8-16/h4-10,15,18,23H,11-14H2,1-3H3,(H,24,25)/b6-4-,17-5+/t18-/m1/s1. The highest BCUT2D eigenvalue weighted by molar-refractivity contribution is 5.98. The Morgan fingerprint density at radius 3 is 2.79 bits per heavy atom. The number of imidazole rings is 1. The molecule has 2 heterocycles. The van der Waals surface area contributed by atoms with Gasteiger partial charge in [-0.2, -0.15) is 0 Å². The largest absolute Gasteiger partial charge is 0.497 e. The molecule has 1 aromatic carbocycles. The summed E-state index contributed by atoms with van der Waals surface area (Å²) in [6, 6.07) is 8.12. The summed E-state index contributed by atoms with van der Waals surface area (Å²) in [5.74, 6) is 0.833. The number of benzene rings is 1. The van der Waals surface area contributed by atoms with E-state index >= 15 is 0 Å². The van der Waals surface area contributed by atoms with E-state index in [4.69, 9.17) is 4.74 Å². The average Bonchev–Trinajstić information content (AvgIpc) is 3.22. The summed E-state index contributed by atoms with van der Waals surface area (Å²) in [5.41, 5.74) is 3.37. The fourth-order valence-corrected chi connectivity index (χ4v) is 3.56. The van der Waals surface area contributed by atoms with Gasteiger partial charge >= 0.3 is 0 Å². The second-order valence-electron chi connectivity index (χ2n) is 6.78. The number of carbonyl (C=O) groups excluding carboxylic acids is 1. The highest BCUT2D eigenvalue weighted by Gasteiger charge is 2.30. The second kappa shape index (κ2) is 9.37. The molecule has 1 aliphatic heterocycles. The van der Waals surface area contributed by atoms with Gasteiger partial charge < -0.3 is 19.9 Å². The predicted molar refractivity (Wildman–Crippen MR) is 111 cm³/mol. The van der Waals surface area contributed by atoms with Gasteiger partial charge in [0.15, 0.2) is 0 Å². The number of hydrogen-bond acceptors (Lipinski definition) is 4. The van der Waals surface area contributed by atoms with E-state index in [0.717, 1.165) is 30.8 Å². The fraction of sp³-hybridized carbons (Fsp3) is 0.364. The van der Waals surface area contributed by atoms with E-state index in [1.54, 1.807) is 13.4 Å². The minimum absolute atomic E-state index is 0.00337. The van der Waals surface area contributed by atoms with Crippen molar-refractivity contribution in [2.24, 2.45) is 0 Å². The zero-order valence-electron chi connectivity index (χ0n) is 16.7. The molecule has 1 atom stereocenters. The van der Waals surface area contributed by atoms with Gasteiger partial charge in [-0.25, -0.2) is 4.98 Å². The van der Waals surface area contributed by atoms with Crippen LogP contribution in [0.5, 0.6) is 5.75 Å². The lowest BCUT2D eigenvalue weighted by Gasteiger charge is -2.36. The summed E-state index contributed by atoms with van der Waals surface area (Å²) < 4.78 is 5.23. The Morgan fingerprint density at radius 1 is 1.32 bits per heavy atom. The lowest BCUT2D eigenvalue weighted by Crippen LogP contribution is -2.54. The lowest BCUT2D eigenvalue weighted by atomic mass is 10.0. The molecule has 28 heavy (non-hydrogen) atoms. The predicted octanol–water partition coefficient (Wildman–Crippen LogP) is 3.05. The number of aromatic amines is 1. The third-order valence-electron chi connectivity index (χ3n) is 5.03. The minimum atomic E-state index is -0.00337. The van der Waals surface area contributed by atoms with Gasteiger partial charge in [0.2, 0.25) is 0 Å². The van der Waals surface area contributed by atoms with Crippen molar-refractivity contribution in [1.29, 1.82) is 0 Å². The van der Waals surface area contributed by atoms with Gasteiger partial charge in [0.25, 0.3) is 5.91 Å². The number of carbonyl (C=O) groups is 1. The fourth-order valence-electron chi connectivity index (χ4n) is 3.56. The molecule has 2 aromatic rings. The maximum Gasteiger partial charge on any atom is 0.272 e. The number of amides is 1. The molecular formula is C22H28N4O2. The molecular weight excluding hydrogens is 352 g/mol. The summed E-state index contributed by atoms with van der Waals surface area (Å²) in [4.78, 5) is 22.8. The highest BCUT2D eigenvalue weighted by atomic mass is 16.5. The number of aromatic nitrogens is 2. The molecule has 3 rings (SSSR count). The number of rotatable bonds is 6. The molecule has 0 bridgehead atoms. The third-order valence-corrected chi connectivity index (χ3v) is 5.03. The number of ether oxygens (including phenoxy) is 1. The third kappa shape index (κ3) is 4.34. The Morgan fingerprint density at radius 2 is 2.11 bits per heavy atom. The average molecular weight is 380 g/mol. The monoisotopic (exact) mass is 380 g/mol. The molecule has 1 aliphatic rings. The van der Waals surface area contributed by atoms with Crippen molar-refractivity contribution in [3.05, 3.63) is 65.8 Å². The maximum atomic E-state index is 13.4. The Bertz CT molecular complexity index is 852. The van der Waals surface area contributed by atoms with Gasteiger partial charge in [-0.15, -0.1) is 0 Å². The van der Waals surface area contributed by atoms with E-state index in [1.807, 2.05) is 49.1 Å². The summed E-state index contributed by atoms with van der Waals surface area (Å²) in [7, 11) is 1.66. The molecule has 0 spiro atoms. The number of nitrogens with one attached hydrogen (secondary N) is 2. The number of hydrogen-bond donors (Lipinski definition) is 2. The van der Waals surface area contributed by atoms with Crippen molar-refractivity contribution in [1.82, 2.24) is 20.2 Å². The molecule has 2 N–H and O–H groups in total. The van der Waals surface area contributed by atoms with E-state index in [1.165, 1.54) is 5.56 Å². The van der Waals surface area contributed by atoms with Crippen molar-refractivity contribution in [3.63, 3.8) is 0 Å². The number of piperazine rings is 1. The van der Waals surface area contributed by atoms with Crippen LogP contribution in [0.25, 0.3) is 5.57 Å². The van der Waals surface area contributed by atoms with E-state index in [2.05, 4.69) is 27.4 Å². The molecule has 1 amide bonds. The van der Waals surface area contributed by atoms with Crippen LogP contribution in [0, 0.1) is 0 Å². The van der Waals surface area contributed by atoms with Crippen LogP contribution >= 0.6 is 0 Å². The van der Waals surface area contributed by atoms with Crippen molar-refractivity contribution in [2.75, 3.05) is 26.7 Å². The molecule has 6 heteroatoms. The molecule has 1 saturated heterocycles. The van der Waals surface area contributed by atoms with Gasteiger partial charge in [-0.1, -0.05) is 30.4 Å². The van der Waals surface area contributed by atoms with Crippen LogP contribution in [0.1, 0.15) is 35.6 Å². The molecule has 0 aliphatic carbocycles. The van der Waals surface area contributed by atoms with Gasteiger partial charge in [-0.3, -0.25) is 4.79 Å². The highest BCUT2D eigenvalue weighted by Crippen LogP contribution is 2.22. The second-order valence-corrected chi connectivity index (χ2v) is 6.78. The van der Waals surface area contributed by atoms with E-state index in [9.17, 15) is 4.79 Å². The quantitative estimate of drug-likeness (QED) is 0.756. The van der Waals surface area contributed by atoms with Crippen LogP contribution in [0.4, 0.5) is 0 Å². The summed E-state index contributed by atoms with van der Waals surface area (Å²) in [6.07, 6.45) is 8.28. The van der Waals surface area contributed by atoms with Gasteiger partial charge in [0.05, 0.1) is 13.4 Å². The van der Waals surface area contributed by atoms with Crippen LogP contribution in [0.15, 0.2) is 48.8 Å². The number of methoxy groups -OCH3 is 1. The first-order chi connectivity index (χ1) is 13.7. The first-order valence-corrected chi connectivity index (χ1v) is 9.65. The summed E-state index contributed by atoms with van der Waals surface area (Å²) >= 11 is 0. The molecule has 0 saturated carbocycles. The van der Waals surface area contributed by atoms with Crippen molar-refractivity contribution >= 4 is 11.5 Å². The Kier molecular flexibility index (Phi) is 6.66. The molecule has 6 nitrogen and oxygen atoms in total. The van der Waals surface area contributed by atoms with Crippen molar-refractivity contribution in [2.45, 2.75) is 26.3 Å². The molecule has 0 radical (unpaired) electrons. The molecule has 0 unspecified atom stereocenters. The van der Waals surface area contributed by atoms with Gasteiger partial charge in [0, 0.05) is 25.7 Å². The molecule has 1 aromatic heterocycles. The SMILES string of the molecule is C/C=C\C(=C/C)c1nc[nH]c1C(=O)N1CCNC[C@H]1Cc1ccc(OC)cc1. The maximum absolute atomic E-state index is 13.4. The van der Waals surface area contributed by atoms with Crippen LogP contribution < -0.4 is 10.1 Å². The first kappa shape index (κ1) is 19.9. The van der Waals surface area contributed by atoms with E-state index in [0.29, 0.717) is 17.9 Å². The molecule has 1 fully saturated rings. The summed E-state index contributed by atoms with van der Waals surface area (Å²) in [6.45, 7) is 6.15. The summed E-state index contributed by atoms with van der Waals surface area (Å²) in [5, 5.41) is 3.41. The van der Waals surface area contributed by atoms with E-state index in [-0.39, 0.29) is 11.9 Å². The van der Waals surface area contributed by atoms with Gasteiger partial charge in [0.1, 0.15) is 17.1 Å². The number of allylic oxidation sites excluding steroid dienone is 4. The Balaban J connectivity index is 1.82. The minimum Gasteiger partial charge on any atom is -0.497 e. The Hall–Kier alpha value is -2.86.